The van der Waals surface area contributed by atoms with Gasteiger partial charge in [0.1, 0.15) is 30.3 Å². The number of esters is 1. The topological polar surface area (TPSA) is 94.6 Å². The minimum Gasteiger partial charge on any atom is -0.497 e. The summed E-state index contributed by atoms with van der Waals surface area (Å²) in [5, 5.41) is 0. The Morgan fingerprint density at radius 2 is 1.74 bits per heavy atom. The van der Waals surface area contributed by atoms with Crippen LogP contribution in [0.2, 0.25) is 0 Å². The minimum atomic E-state index is -0.572. The highest BCUT2D eigenvalue weighted by Gasteiger charge is 2.29. The van der Waals surface area contributed by atoms with Crippen molar-refractivity contribution in [2.45, 2.75) is 6.54 Å². The van der Waals surface area contributed by atoms with E-state index in [0.717, 1.165) is 0 Å². The zero-order chi connectivity index (χ0) is 22.4. The quantitative estimate of drug-likeness (QED) is 0.590. The van der Waals surface area contributed by atoms with Crippen LogP contribution in [0.1, 0.15) is 5.56 Å². The van der Waals surface area contributed by atoms with Gasteiger partial charge in [-0.3, -0.25) is 19.3 Å². The van der Waals surface area contributed by atoms with Gasteiger partial charge in [-0.2, -0.15) is 0 Å². The molecular formula is C22H24N2O7. The lowest BCUT2D eigenvalue weighted by molar-refractivity contribution is -0.147. The fourth-order valence-corrected chi connectivity index (χ4v) is 3.19. The van der Waals surface area contributed by atoms with Gasteiger partial charge in [-0.05, 0) is 29.8 Å². The molecule has 3 rings (SSSR count). The number of rotatable bonds is 8. The van der Waals surface area contributed by atoms with Crippen molar-refractivity contribution < 1.29 is 33.3 Å². The van der Waals surface area contributed by atoms with Gasteiger partial charge in [-0.15, -0.1) is 0 Å². The molecule has 1 aliphatic heterocycles. The summed E-state index contributed by atoms with van der Waals surface area (Å²) < 4.78 is 20.7. The van der Waals surface area contributed by atoms with Gasteiger partial charge < -0.3 is 23.8 Å². The molecule has 0 bridgehead atoms. The number of methoxy groups -OCH3 is 3. The Balaban J connectivity index is 1.84. The van der Waals surface area contributed by atoms with E-state index in [1.165, 1.54) is 31.1 Å². The molecule has 0 saturated carbocycles. The number of benzene rings is 2. The average molecular weight is 428 g/mol. The number of amides is 2. The van der Waals surface area contributed by atoms with E-state index in [1.54, 1.807) is 42.5 Å². The Kier molecular flexibility index (Phi) is 6.96. The van der Waals surface area contributed by atoms with E-state index in [2.05, 4.69) is 0 Å². The summed E-state index contributed by atoms with van der Waals surface area (Å²) in [5.41, 5.74) is 1.20. The van der Waals surface area contributed by atoms with Crippen LogP contribution >= 0.6 is 0 Å². The number of nitrogens with zero attached hydrogens (tertiary/aromatic N) is 2. The van der Waals surface area contributed by atoms with Crippen LogP contribution in [0.4, 0.5) is 5.69 Å². The number of hydrogen-bond acceptors (Lipinski definition) is 7. The van der Waals surface area contributed by atoms with Gasteiger partial charge in [0, 0.05) is 12.6 Å². The first-order valence-corrected chi connectivity index (χ1v) is 9.54. The first-order valence-electron chi connectivity index (χ1n) is 9.54. The van der Waals surface area contributed by atoms with E-state index in [0.29, 0.717) is 28.5 Å². The molecule has 1 heterocycles. The number of carbonyl (C=O) groups excluding carboxylic acids is 3. The molecule has 0 radical (unpaired) electrons. The maximum Gasteiger partial charge on any atom is 0.325 e. The van der Waals surface area contributed by atoms with Crippen molar-refractivity contribution in [2.75, 3.05) is 45.9 Å². The molecule has 0 unspecified atom stereocenters. The Bertz CT molecular complexity index is 954. The van der Waals surface area contributed by atoms with E-state index in [4.69, 9.17) is 18.9 Å². The van der Waals surface area contributed by atoms with Crippen molar-refractivity contribution in [2.24, 2.45) is 0 Å². The molecule has 2 aromatic carbocycles. The Morgan fingerprint density at radius 3 is 2.39 bits per heavy atom. The normalized spacial score (nSPS) is 12.5. The zero-order valence-electron chi connectivity index (χ0n) is 17.6. The van der Waals surface area contributed by atoms with E-state index in [9.17, 15) is 14.4 Å². The molecule has 0 fully saturated rings. The maximum atomic E-state index is 13.2. The van der Waals surface area contributed by atoms with E-state index in [-0.39, 0.29) is 32.1 Å². The first-order chi connectivity index (χ1) is 14.9. The highest BCUT2D eigenvalue weighted by molar-refractivity contribution is 6.02. The average Bonchev–Trinajstić information content (AvgIpc) is 2.79. The highest BCUT2D eigenvalue weighted by atomic mass is 16.5. The number of anilines is 1. The molecule has 0 spiro atoms. The largest absolute Gasteiger partial charge is 0.497 e. The monoisotopic (exact) mass is 428 g/mol. The van der Waals surface area contributed by atoms with Crippen LogP contribution in [0.15, 0.2) is 42.5 Å². The van der Waals surface area contributed by atoms with Crippen LogP contribution in [0.25, 0.3) is 0 Å². The molecule has 31 heavy (non-hydrogen) atoms. The fraction of sp³-hybridized carbons (Fsp3) is 0.318. The lowest BCUT2D eigenvalue weighted by Crippen LogP contribution is -2.47. The van der Waals surface area contributed by atoms with Crippen LogP contribution in [-0.2, 0) is 25.7 Å². The summed E-state index contributed by atoms with van der Waals surface area (Å²) in [5.74, 6) is 0.295. The Hall–Kier alpha value is -3.75. The predicted octanol–water partition coefficient (Wildman–Crippen LogP) is 1.63. The summed E-state index contributed by atoms with van der Waals surface area (Å²) in [6.07, 6.45) is 0. The lowest BCUT2D eigenvalue weighted by atomic mass is 10.1. The van der Waals surface area contributed by atoms with Crippen LogP contribution in [0.3, 0.4) is 0 Å². The second-order valence-corrected chi connectivity index (χ2v) is 6.78. The standard InChI is InChI=1S/C22H24N2O7/c1-28-16-8-15(9-17(10-16)29-2)11-23(13-22(27)30-3)20(25)12-24-18-6-4-5-7-19(18)31-14-21(24)26/h4-10H,11-14H2,1-3H3. The van der Waals surface area contributed by atoms with Crippen LogP contribution in [0.5, 0.6) is 17.2 Å². The molecule has 0 N–H and O–H groups in total. The number of para-hydroxylation sites is 2. The molecule has 9 heteroatoms. The molecule has 1 aliphatic rings. The number of hydrogen-bond donors (Lipinski definition) is 0. The van der Waals surface area contributed by atoms with Gasteiger partial charge in [0.15, 0.2) is 6.61 Å². The van der Waals surface area contributed by atoms with E-state index >= 15 is 0 Å². The SMILES string of the molecule is COC(=O)CN(Cc1cc(OC)cc(OC)c1)C(=O)CN1C(=O)COc2ccccc21. The number of ether oxygens (including phenoxy) is 4. The third kappa shape index (κ3) is 5.25. The minimum absolute atomic E-state index is 0.0989. The Labute approximate surface area is 180 Å². The van der Waals surface area contributed by atoms with Gasteiger partial charge >= 0.3 is 5.97 Å². The van der Waals surface area contributed by atoms with Gasteiger partial charge in [-0.25, -0.2) is 0 Å². The summed E-state index contributed by atoms with van der Waals surface area (Å²) in [6, 6.07) is 12.2. The third-order valence-electron chi connectivity index (χ3n) is 4.79. The van der Waals surface area contributed by atoms with Crippen molar-refractivity contribution in [3.63, 3.8) is 0 Å². The summed E-state index contributed by atoms with van der Waals surface area (Å²) in [7, 11) is 4.30. The van der Waals surface area contributed by atoms with Crippen molar-refractivity contribution in [1.29, 1.82) is 0 Å². The molecule has 0 aromatic heterocycles. The highest BCUT2D eigenvalue weighted by Crippen LogP contribution is 2.31. The van der Waals surface area contributed by atoms with Gasteiger partial charge in [0.05, 0.1) is 27.0 Å². The summed E-state index contributed by atoms with van der Waals surface area (Å²) >= 11 is 0. The van der Waals surface area contributed by atoms with Crippen LogP contribution < -0.4 is 19.1 Å². The zero-order valence-corrected chi connectivity index (χ0v) is 17.6. The van der Waals surface area contributed by atoms with Gasteiger partial charge in [0.25, 0.3) is 5.91 Å². The first kappa shape index (κ1) is 21.9. The molecular weight excluding hydrogens is 404 g/mol. The van der Waals surface area contributed by atoms with E-state index < -0.39 is 11.9 Å². The Morgan fingerprint density at radius 1 is 1.06 bits per heavy atom. The second-order valence-electron chi connectivity index (χ2n) is 6.78. The lowest BCUT2D eigenvalue weighted by Gasteiger charge is -2.31. The van der Waals surface area contributed by atoms with Gasteiger partial charge in [-0.1, -0.05) is 12.1 Å². The molecule has 0 aliphatic carbocycles. The summed E-state index contributed by atoms with van der Waals surface area (Å²) in [6.45, 7) is -0.567. The van der Waals surface area contributed by atoms with Crippen LogP contribution in [-0.4, -0.2) is 63.7 Å². The number of carbonyl (C=O) groups is 3. The molecule has 164 valence electrons. The fourth-order valence-electron chi connectivity index (χ4n) is 3.19. The van der Waals surface area contributed by atoms with Crippen LogP contribution in [0, 0.1) is 0 Å². The predicted molar refractivity (Wildman–Crippen MR) is 111 cm³/mol. The second kappa shape index (κ2) is 9.84. The van der Waals surface area contributed by atoms with Gasteiger partial charge in [0.2, 0.25) is 5.91 Å². The molecule has 2 amide bonds. The number of fused-ring (bicyclic) bond motifs is 1. The third-order valence-corrected chi connectivity index (χ3v) is 4.79. The molecule has 0 saturated heterocycles. The van der Waals surface area contributed by atoms with Crippen molar-refractivity contribution in [3.8, 4) is 17.2 Å². The van der Waals surface area contributed by atoms with Crippen molar-refractivity contribution in [1.82, 2.24) is 4.90 Å². The maximum absolute atomic E-state index is 13.2. The van der Waals surface area contributed by atoms with Crippen molar-refractivity contribution >= 4 is 23.5 Å². The molecule has 9 nitrogen and oxygen atoms in total. The summed E-state index contributed by atoms with van der Waals surface area (Å²) in [4.78, 5) is 40.2. The molecule has 2 aromatic rings. The van der Waals surface area contributed by atoms with Crippen molar-refractivity contribution in [3.05, 3.63) is 48.0 Å². The smallest absolute Gasteiger partial charge is 0.325 e. The van der Waals surface area contributed by atoms with E-state index in [1.807, 2.05) is 0 Å². The molecule has 0 atom stereocenters.